The van der Waals surface area contributed by atoms with Gasteiger partial charge >= 0.3 is 6.18 Å². The van der Waals surface area contributed by atoms with Crippen LogP contribution >= 0.6 is 0 Å². The first-order chi connectivity index (χ1) is 8.23. The molecular weight excluding hydrogens is 267 g/mol. The Labute approximate surface area is 101 Å². The normalized spacial score (nSPS) is 18.4. The van der Waals surface area contributed by atoms with Crippen LogP contribution in [0.25, 0.3) is 4.91 Å². The molecule has 1 heterocycles. The Bertz CT molecular complexity index is 657. The summed E-state index contributed by atoms with van der Waals surface area (Å²) in [5.74, 6) is 0. The van der Waals surface area contributed by atoms with Gasteiger partial charge in [-0.3, -0.25) is 0 Å². The number of sulfone groups is 1. The number of rotatable bonds is 1. The molecule has 0 aliphatic carbocycles. The molecule has 1 aromatic rings. The summed E-state index contributed by atoms with van der Waals surface area (Å²) in [4.78, 5) is -0.217. The van der Waals surface area contributed by atoms with Crippen molar-refractivity contribution in [3.8, 4) is 0 Å². The standard InChI is InChI=1S/C11H8F3NO2S/c12-11(13,14)8-3-1-2-7(6-8)9-4-5-10(15)18(9,16)17/h1-6H,15H2. The van der Waals surface area contributed by atoms with Gasteiger partial charge in [0.05, 0.1) is 10.5 Å². The predicted molar refractivity (Wildman–Crippen MR) is 60.6 cm³/mol. The first kappa shape index (κ1) is 12.7. The van der Waals surface area contributed by atoms with E-state index >= 15 is 0 Å². The quantitative estimate of drug-likeness (QED) is 0.855. The lowest BCUT2D eigenvalue weighted by atomic mass is 10.1. The summed E-state index contributed by atoms with van der Waals surface area (Å²) < 4.78 is 61.0. The molecule has 0 saturated heterocycles. The first-order valence-corrected chi connectivity index (χ1v) is 6.31. The Morgan fingerprint density at radius 1 is 1.11 bits per heavy atom. The van der Waals surface area contributed by atoms with Crippen molar-refractivity contribution in [2.45, 2.75) is 6.18 Å². The van der Waals surface area contributed by atoms with E-state index in [1.165, 1.54) is 12.1 Å². The monoisotopic (exact) mass is 275 g/mol. The second-order valence-corrected chi connectivity index (χ2v) is 5.60. The molecule has 0 fully saturated rings. The molecule has 18 heavy (non-hydrogen) atoms. The maximum absolute atomic E-state index is 12.5. The van der Waals surface area contributed by atoms with Crippen LogP contribution in [-0.2, 0) is 16.0 Å². The lowest BCUT2D eigenvalue weighted by Gasteiger charge is -2.09. The number of hydrogen-bond donors (Lipinski definition) is 1. The van der Waals surface area contributed by atoms with E-state index in [9.17, 15) is 21.6 Å². The lowest BCUT2D eigenvalue weighted by Crippen LogP contribution is -2.10. The van der Waals surface area contributed by atoms with E-state index in [1.54, 1.807) is 0 Å². The molecule has 3 nitrogen and oxygen atoms in total. The van der Waals surface area contributed by atoms with Crippen LogP contribution < -0.4 is 5.73 Å². The maximum atomic E-state index is 12.5. The van der Waals surface area contributed by atoms with Gasteiger partial charge in [-0.25, -0.2) is 8.42 Å². The Kier molecular flexibility index (Phi) is 2.73. The fourth-order valence-electron chi connectivity index (χ4n) is 1.56. The van der Waals surface area contributed by atoms with Crippen LogP contribution in [0.2, 0.25) is 0 Å². The van der Waals surface area contributed by atoms with Crippen LogP contribution in [0.5, 0.6) is 0 Å². The van der Waals surface area contributed by atoms with Crippen molar-refractivity contribution in [2.75, 3.05) is 0 Å². The molecule has 0 bridgehead atoms. The highest BCUT2D eigenvalue weighted by Gasteiger charge is 2.32. The predicted octanol–water partition coefficient (Wildman–Crippen LogP) is 2.27. The van der Waals surface area contributed by atoms with Gasteiger partial charge in [-0.05, 0) is 29.8 Å². The topological polar surface area (TPSA) is 60.2 Å². The SMILES string of the molecule is NC1=CC=C(c2cccc(C(F)(F)F)c2)S1(=O)=O. The first-order valence-electron chi connectivity index (χ1n) is 4.83. The van der Waals surface area contributed by atoms with Gasteiger partial charge in [0, 0.05) is 0 Å². The van der Waals surface area contributed by atoms with Crippen molar-refractivity contribution in [1.82, 2.24) is 0 Å². The summed E-state index contributed by atoms with van der Waals surface area (Å²) in [6, 6.07) is 4.12. The lowest BCUT2D eigenvalue weighted by molar-refractivity contribution is -0.137. The largest absolute Gasteiger partial charge is 0.416 e. The molecule has 0 amide bonds. The molecule has 1 aromatic carbocycles. The van der Waals surface area contributed by atoms with Gasteiger partial charge in [0.2, 0.25) is 9.84 Å². The second kappa shape index (κ2) is 3.88. The molecule has 1 aliphatic rings. The molecule has 2 rings (SSSR count). The van der Waals surface area contributed by atoms with Crippen molar-refractivity contribution in [3.05, 3.63) is 52.6 Å². The zero-order valence-electron chi connectivity index (χ0n) is 8.90. The van der Waals surface area contributed by atoms with E-state index in [-0.39, 0.29) is 15.5 Å². The fraction of sp³-hybridized carbons (Fsp3) is 0.0909. The van der Waals surface area contributed by atoms with Crippen molar-refractivity contribution in [1.29, 1.82) is 0 Å². The van der Waals surface area contributed by atoms with Crippen LogP contribution in [0.1, 0.15) is 11.1 Å². The minimum absolute atomic E-state index is 0.0264. The second-order valence-electron chi connectivity index (χ2n) is 3.68. The summed E-state index contributed by atoms with van der Waals surface area (Å²) in [7, 11) is -3.85. The third-order valence-electron chi connectivity index (χ3n) is 2.47. The van der Waals surface area contributed by atoms with Crippen molar-refractivity contribution < 1.29 is 21.6 Å². The molecule has 96 valence electrons. The summed E-state index contributed by atoms with van der Waals surface area (Å²) in [6.45, 7) is 0. The third kappa shape index (κ3) is 2.01. The summed E-state index contributed by atoms with van der Waals surface area (Å²) in [6.07, 6.45) is -2.16. The van der Waals surface area contributed by atoms with Gasteiger partial charge in [0.15, 0.2) is 0 Å². The average molecular weight is 275 g/mol. The highest BCUT2D eigenvalue weighted by molar-refractivity contribution is 8.04. The van der Waals surface area contributed by atoms with E-state index in [0.29, 0.717) is 0 Å². The zero-order valence-corrected chi connectivity index (χ0v) is 9.72. The minimum atomic E-state index is -4.52. The summed E-state index contributed by atoms with van der Waals surface area (Å²) in [5.41, 5.74) is 4.34. The molecule has 0 aromatic heterocycles. The molecular formula is C11H8F3NO2S. The van der Waals surface area contributed by atoms with Crippen LogP contribution in [0.4, 0.5) is 13.2 Å². The molecule has 0 spiro atoms. The number of nitrogens with two attached hydrogens (primary N) is 1. The molecule has 0 unspecified atom stereocenters. The number of benzene rings is 1. The zero-order chi connectivity index (χ0) is 13.6. The van der Waals surface area contributed by atoms with Crippen molar-refractivity contribution in [2.24, 2.45) is 5.73 Å². The minimum Gasteiger partial charge on any atom is -0.389 e. The molecule has 0 atom stereocenters. The van der Waals surface area contributed by atoms with Gasteiger partial charge in [-0.2, -0.15) is 13.2 Å². The third-order valence-corrected chi connectivity index (χ3v) is 4.18. The highest BCUT2D eigenvalue weighted by atomic mass is 32.2. The van der Waals surface area contributed by atoms with Gasteiger partial charge in [-0.1, -0.05) is 12.1 Å². The maximum Gasteiger partial charge on any atom is 0.416 e. The molecule has 2 N–H and O–H groups in total. The van der Waals surface area contributed by atoms with Gasteiger partial charge < -0.3 is 5.73 Å². The van der Waals surface area contributed by atoms with E-state index in [0.717, 1.165) is 24.3 Å². The summed E-state index contributed by atoms with van der Waals surface area (Å²) >= 11 is 0. The summed E-state index contributed by atoms with van der Waals surface area (Å²) in [5, 5.41) is -0.366. The fourth-order valence-corrected chi connectivity index (χ4v) is 2.75. The van der Waals surface area contributed by atoms with Crippen LogP contribution in [0.3, 0.4) is 0 Å². The van der Waals surface area contributed by atoms with E-state index < -0.39 is 21.6 Å². The van der Waals surface area contributed by atoms with Crippen LogP contribution in [0, 0.1) is 0 Å². The smallest absolute Gasteiger partial charge is 0.389 e. The Balaban J connectivity index is 2.50. The van der Waals surface area contributed by atoms with E-state index in [1.807, 2.05) is 0 Å². The van der Waals surface area contributed by atoms with E-state index in [2.05, 4.69) is 0 Å². The van der Waals surface area contributed by atoms with Crippen molar-refractivity contribution in [3.63, 3.8) is 0 Å². The Hall–Kier alpha value is -1.76. The molecule has 7 heteroatoms. The molecule has 1 aliphatic heterocycles. The molecule has 0 saturated carbocycles. The number of alkyl halides is 3. The van der Waals surface area contributed by atoms with Crippen molar-refractivity contribution >= 4 is 14.7 Å². The Morgan fingerprint density at radius 3 is 2.28 bits per heavy atom. The molecule has 0 radical (unpaired) electrons. The van der Waals surface area contributed by atoms with Gasteiger partial charge in [0.1, 0.15) is 5.03 Å². The van der Waals surface area contributed by atoms with Gasteiger partial charge in [0.25, 0.3) is 0 Å². The highest BCUT2D eigenvalue weighted by Crippen LogP contribution is 2.34. The van der Waals surface area contributed by atoms with Gasteiger partial charge in [-0.15, -0.1) is 0 Å². The average Bonchev–Trinajstić information content (AvgIpc) is 2.53. The van der Waals surface area contributed by atoms with Crippen LogP contribution in [-0.4, -0.2) is 8.42 Å². The van der Waals surface area contributed by atoms with E-state index in [4.69, 9.17) is 5.73 Å². The number of halogens is 3. The number of allylic oxidation sites excluding steroid dienone is 2. The number of hydrogen-bond acceptors (Lipinski definition) is 3. The van der Waals surface area contributed by atoms with Crippen LogP contribution in [0.15, 0.2) is 41.4 Å². The Morgan fingerprint density at radius 2 is 1.78 bits per heavy atom.